The van der Waals surface area contributed by atoms with Crippen molar-refractivity contribution >= 4 is 17.7 Å². The summed E-state index contributed by atoms with van der Waals surface area (Å²) in [7, 11) is 0. The molecule has 1 saturated heterocycles. The van der Waals surface area contributed by atoms with Crippen LogP contribution in [0, 0.1) is 18.7 Å². The van der Waals surface area contributed by atoms with Gasteiger partial charge in [-0.3, -0.25) is 14.4 Å². The van der Waals surface area contributed by atoms with Crippen LogP contribution in [0.5, 0.6) is 0 Å². The number of likely N-dealkylation sites (tertiary alicyclic amines) is 1. The Morgan fingerprint density at radius 2 is 1.67 bits per heavy atom. The molecule has 2 aromatic carbocycles. The van der Waals surface area contributed by atoms with Crippen LogP contribution in [0.15, 0.2) is 48.5 Å². The molecule has 0 radical (unpaired) electrons. The molecule has 0 saturated carbocycles. The minimum Gasteiger partial charge on any atom is -0.352 e. The quantitative estimate of drug-likeness (QED) is 0.671. The molecule has 2 atom stereocenters. The fourth-order valence-electron chi connectivity index (χ4n) is 4.01. The van der Waals surface area contributed by atoms with Crippen LogP contribution in [-0.4, -0.2) is 47.8 Å². The topological polar surface area (TPSA) is 78.5 Å². The maximum absolute atomic E-state index is 14.1. The van der Waals surface area contributed by atoms with Gasteiger partial charge in [-0.05, 0) is 63.3 Å². The van der Waals surface area contributed by atoms with Crippen LogP contribution < -0.4 is 10.6 Å². The first-order valence-electron chi connectivity index (χ1n) is 11.5. The second kappa shape index (κ2) is 11.1. The highest BCUT2D eigenvalue weighted by Gasteiger charge is 2.34. The molecule has 1 aliphatic heterocycles. The van der Waals surface area contributed by atoms with Crippen LogP contribution >= 0.6 is 0 Å². The van der Waals surface area contributed by atoms with Crippen molar-refractivity contribution in [2.45, 2.75) is 52.1 Å². The van der Waals surface area contributed by atoms with Crippen LogP contribution in [0.1, 0.15) is 59.4 Å². The van der Waals surface area contributed by atoms with E-state index in [1.165, 1.54) is 18.2 Å². The van der Waals surface area contributed by atoms with Crippen molar-refractivity contribution in [3.63, 3.8) is 0 Å². The third-order valence-corrected chi connectivity index (χ3v) is 6.29. The summed E-state index contributed by atoms with van der Waals surface area (Å²) in [6.07, 6.45) is 1.88. The summed E-state index contributed by atoms with van der Waals surface area (Å²) in [5.74, 6) is -1.72. The van der Waals surface area contributed by atoms with E-state index in [9.17, 15) is 18.8 Å². The molecule has 2 aromatic rings. The molecule has 1 aliphatic rings. The van der Waals surface area contributed by atoms with E-state index >= 15 is 0 Å². The van der Waals surface area contributed by atoms with Crippen molar-refractivity contribution in [3.8, 4) is 0 Å². The zero-order valence-corrected chi connectivity index (χ0v) is 19.4. The summed E-state index contributed by atoms with van der Waals surface area (Å²) in [5, 5.41) is 5.70. The standard InChI is InChI=1S/C26H32FN3O3/c1-4-18(3)28-25(32)23(29-24(31)21-7-5-6-8-22(21)27)19-13-15-30(16-14-19)26(33)20-11-9-17(2)10-12-20/h5-12,18-19,23H,4,13-16H2,1-3H3,(H,28,32)(H,29,31)/t18-,23-/m0/s1. The molecular weight excluding hydrogens is 421 g/mol. The molecule has 7 heteroatoms. The number of carbonyl (C=O) groups is 3. The summed E-state index contributed by atoms with van der Waals surface area (Å²) in [6, 6.07) is 12.3. The summed E-state index contributed by atoms with van der Waals surface area (Å²) in [5.41, 5.74) is 1.63. The molecule has 0 aliphatic carbocycles. The lowest BCUT2D eigenvalue weighted by Gasteiger charge is -2.36. The second-order valence-corrected chi connectivity index (χ2v) is 8.74. The molecule has 0 bridgehead atoms. The number of carbonyl (C=O) groups excluding carboxylic acids is 3. The number of hydrogen-bond donors (Lipinski definition) is 2. The Balaban J connectivity index is 1.71. The molecule has 3 rings (SSSR count). The van der Waals surface area contributed by atoms with Gasteiger partial charge in [-0.2, -0.15) is 0 Å². The molecule has 2 N–H and O–H groups in total. The number of rotatable bonds is 7. The number of nitrogens with zero attached hydrogens (tertiary/aromatic N) is 1. The lowest BCUT2D eigenvalue weighted by atomic mass is 9.88. The number of hydrogen-bond acceptors (Lipinski definition) is 3. The normalized spacial score (nSPS) is 16.1. The van der Waals surface area contributed by atoms with Gasteiger partial charge < -0.3 is 15.5 Å². The first kappa shape index (κ1) is 24.4. The van der Waals surface area contributed by atoms with Gasteiger partial charge in [-0.1, -0.05) is 36.8 Å². The number of aryl methyl sites for hydroxylation is 1. The highest BCUT2D eigenvalue weighted by Crippen LogP contribution is 2.23. The Bertz CT molecular complexity index is 985. The average molecular weight is 454 g/mol. The Kier molecular flexibility index (Phi) is 8.20. The van der Waals surface area contributed by atoms with Crippen molar-refractivity contribution in [2.24, 2.45) is 5.92 Å². The Morgan fingerprint density at radius 1 is 1.03 bits per heavy atom. The van der Waals surface area contributed by atoms with Crippen LogP contribution in [-0.2, 0) is 4.79 Å². The van der Waals surface area contributed by atoms with Crippen molar-refractivity contribution in [1.29, 1.82) is 0 Å². The van der Waals surface area contributed by atoms with E-state index in [1.807, 2.05) is 45.0 Å². The van der Waals surface area contributed by atoms with Gasteiger partial charge in [0.1, 0.15) is 11.9 Å². The highest BCUT2D eigenvalue weighted by molar-refractivity contribution is 5.98. The van der Waals surface area contributed by atoms with Crippen molar-refractivity contribution < 1.29 is 18.8 Å². The fourth-order valence-corrected chi connectivity index (χ4v) is 4.01. The predicted molar refractivity (Wildman–Crippen MR) is 125 cm³/mol. The van der Waals surface area contributed by atoms with Crippen molar-refractivity contribution in [2.75, 3.05) is 13.1 Å². The van der Waals surface area contributed by atoms with Gasteiger partial charge >= 0.3 is 0 Å². The number of piperidine rings is 1. The Morgan fingerprint density at radius 3 is 2.27 bits per heavy atom. The number of halogens is 1. The average Bonchev–Trinajstić information content (AvgIpc) is 2.82. The maximum atomic E-state index is 14.1. The lowest BCUT2D eigenvalue weighted by molar-refractivity contribution is -0.125. The summed E-state index contributed by atoms with van der Waals surface area (Å²) < 4.78 is 14.1. The van der Waals surface area contributed by atoms with Crippen LogP contribution in [0.25, 0.3) is 0 Å². The monoisotopic (exact) mass is 453 g/mol. The van der Waals surface area contributed by atoms with Gasteiger partial charge in [-0.15, -0.1) is 0 Å². The first-order chi connectivity index (χ1) is 15.8. The van der Waals surface area contributed by atoms with Crippen LogP contribution in [0.4, 0.5) is 4.39 Å². The third kappa shape index (κ3) is 6.18. The van der Waals surface area contributed by atoms with E-state index < -0.39 is 17.8 Å². The predicted octanol–water partition coefficient (Wildman–Crippen LogP) is 3.70. The van der Waals surface area contributed by atoms with Crippen LogP contribution in [0.3, 0.4) is 0 Å². The molecule has 0 spiro atoms. The SMILES string of the molecule is CC[C@H](C)NC(=O)[C@@H](NC(=O)c1ccccc1F)C1CCN(C(=O)c2ccc(C)cc2)CC1. The smallest absolute Gasteiger partial charge is 0.254 e. The maximum Gasteiger partial charge on any atom is 0.254 e. The molecule has 3 amide bonds. The van der Waals surface area contributed by atoms with Crippen molar-refractivity contribution in [1.82, 2.24) is 15.5 Å². The number of amides is 3. The van der Waals surface area contributed by atoms with Gasteiger partial charge in [0, 0.05) is 24.7 Å². The lowest BCUT2D eigenvalue weighted by Crippen LogP contribution is -2.55. The number of benzene rings is 2. The molecule has 1 fully saturated rings. The fraction of sp³-hybridized carbons (Fsp3) is 0.423. The van der Waals surface area contributed by atoms with E-state index in [2.05, 4.69) is 10.6 Å². The molecular formula is C26H32FN3O3. The molecule has 1 heterocycles. The van der Waals surface area contributed by atoms with Gasteiger partial charge in [0.05, 0.1) is 5.56 Å². The van der Waals surface area contributed by atoms with E-state index in [0.29, 0.717) is 31.5 Å². The van der Waals surface area contributed by atoms with Gasteiger partial charge in [0.25, 0.3) is 11.8 Å². The van der Waals surface area contributed by atoms with E-state index in [1.54, 1.807) is 11.0 Å². The first-order valence-corrected chi connectivity index (χ1v) is 11.5. The van der Waals surface area contributed by atoms with E-state index in [4.69, 9.17) is 0 Å². The van der Waals surface area contributed by atoms with Gasteiger partial charge in [0.2, 0.25) is 5.91 Å². The van der Waals surface area contributed by atoms with E-state index in [0.717, 1.165) is 12.0 Å². The largest absolute Gasteiger partial charge is 0.352 e. The Hall–Kier alpha value is -3.22. The third-order valence-electron chi connectivity index (χ3n) is 6.29. The molecule has 33 heavy (non-hydrogen) atoms. The summed E-state index contributed by atoms with van der Waals surface area (Å²) in [6.45, 7) is 6.81. The van der Waals surface area contributed by atoms with Gasteiger partial charge in [-0.25, -0.2) is 4.39 Å². The molecule has 6 nitrogen and oxygen atoms in total. The molecule has 0 aromatic heterocycles. The Labute approximate surface area is 194 Å². The zero-order chi connectivity index (χ0) is 24.0. The molecule has 0 unspecified atom stereocenters. The molecule has 176 valence electrons. The minimum atomic E-state index is -0.803. The minimum absolute atomic E-state index is 0.0375. The van der Waals surface area contributed by atoms with Gasteiger partial charge in [0.15, 0.2) is 0 Å². The summed E-state index contributed by atoms with van der Waals surface area (Å²) >= 11 is 0. The summed E-state index contributed by atoms with van der Waals surface area (Å²) in [4.78, 5) is 40.4. The van der Waals surface area contributed by atoms with Crippen molar-refractivity contribution in [3.05, 3.63) is 71.0 Å². The zero-order valence-electron chi connectivity index (χ0n) is 19.4. The number of nitrogens with one attached hydrogen (secondary N) is 2. The highest BCUT2D eigenvalue weighted by atomic mass is 19.1. The second-order valence-electron chi connectivity index (χ2n) is 8.74. The van der Waals surface area contributed by atoms with Crippen LogP contribution in [0.2, 0.25) is 0 Å². The van der Waals surface area contributed by atoms with E-state index in [-0.39, 0.29) is 29.3 Å².